The molecule has 1 aliphatic heterocycles. The Balaban J connectivity index is 1.88. The number of rotatable bonds is 1. The van der Waals surface area contributed by atoms with E-state index in [0.717, 1.165) is 25.9 Å². The summed E-state index contributed by atoms with van der Waals surface area (Å²) >= 11 is 0. The molecule has 20 heavy (non-hydrogen) atoms. The van der Waals surface area contributed by atoms with Crippen molar-refractivity contribution in [1.29, 1.82) is 0 Å². The van der Waals surface area contributed by atoms with Gasteiger partial charge in [0.1, 0.15) is 11.3 Å². The Kier molecular flexibility index (Phi) is 3.38. The topological polar surface area (TPSA) is 33.2 Å². The van der Waals surface area contributed by atoms with E-state index in [4.69, 9.17) is 0 Å². The van der Waals surface area contributed by atoms with Gasteiger partial charge in [0.05, 0.1) is 5.56 Å². The second-order valence-corrected chi connectivity index (χ2v) is 5.51. The largest absolute Gasteiger partial charge is 0.339 e. The third-order valence-corrected chi connectivity index (χ3v) is 3.98. The molecule has 0 radical (unpaired) electrons. The van der Waals surface area contributed by atoms with Crippen LogP contribution in [0, 0.1) is 11.7 Å². The van der Waals surface area contributed by atoms with E-state index in [2.05, 4.69) is 11.9 Å². The number of pyridine rings is 1. The van der Waals surface area contributed by atoms with Gasteiger partial charge in [-0.2, -0.15) is 0 Å². The van der Waals surface area contributed by atoms with Crippen molar-refractivity contribution in [2.45, 2.75) is 19.8 Å². The molecule has 2 heterocycles. The van der Waals surface area contributed by atoms with Gasteiger partial charge in [0.15, 0.2) is 0 Å². The molecule has 1 aromatic heterocycles. The van der Waals surface area contributed by atoms with Gasteiger partial charge in [0.2, 0.25) is 0 Å². The molecule has 3 nitrogen and oxygen atoms in total. The average Bonchev–Trinajstić information content (AvgIpc) is 2.47. The molecule has 1 amide bonds. The van der Waals surface area contributed by atoms with E-state index < -0.39 is 0 Å². The van der Waals surface area contributed by atoms with Crippen LogP contribution < -0.4 is 0 Å². The molecule has 0 unspecified atom stereocenters. The molecule has 1 saturated heterocycles. The maximum atomic E-state index is 13.6. The number of benzene rings is 1. The number of nitrogens with zero attached hydrogens (tertiary/aromatic N) is 2. The smallest absolute Gasteiger partial charge is 0.255 e. The number of para-hydroxylation sites is 1. The molecule has 0 spiro atoms. The van der Waals surface area contributed by atoms with Crippen LogP contribution in [0.25, 0.3) is 10.9 Å². The summed E-state index contributed by atoms with van der Waals surface area (Å²) in [6, 6.07) is 6.52. The normalized spacial score (nSPS) is 16.6. The Morgan fingerprint density at radius 1 is 1.35 bits per heavy atom. The first-order chi connectivity index (χ1) is 9.65. The fraction of sp³-hybridized carbons (Fsp3) is 0.375. The van der Waals surface area contributed by atoms with Gasteiger partial charge in [0, 0.05) is 24.7 Å². The zero-order valence-electron chi connectivity index (χ0n) is 11.5. The van der Waals surface area contributed by atoms with Crippen LogP contribution in [0.5, 0.6) is 0 Å². The first kappa shape index (κ1) is 13.0. The van der Waals surface area contributed by atoms with Crippen LogP contribution in [0.1, 0.15) is 30.1 Å². The summed E-state index contributed by atoms with van der Waals surface area (Å²) in [7, 11) is 0. The summed E-state index contributed by atoms with van der Waals surface area (Å²) in [5.41, 5.74) is 0.856. The number of carbonyl (C=O) groups excluding carboxylic acids is 1. The molecule has 1 fully saturated rings. The highest BCUT2D eigenvalue weighted by Gasteiger charge is 2.21. The van der Waals surface area contributed by atoms with Gasteiger partial charge in [0.25, 0.3) is 5.91 Å². The van der Waals surface area contributed by atoms with Gasteiger partial charge in [-0.15, -0.1) is 0 Å². The van der Waals surface area contributed by atoms with E-state index >= 15 is 0 Å². The molecule has 1 aliphatic rings. The minimum atomic E-state index is -0.353. The third-order valence-electron chi connectivity index (χ3n) is 3.98. The number of fused-ring (bicyclic) bond motifs is 1. The summed E-state index contributed by atoms with van der Waals surface area (Å²) in [6.07, 6.45) is 3.56. The predicted molar refractivity (Wildman–Crippen MR) is 76.0 cm³/mol. The third kappa shape index (κ3) is 2.38. The van der Waals surface area contributed by atoms with Crippen molar-refractivity contribution in [1.82, 2.24) is 9.88 Å². The van der Waals surface area contributed by atoms with Crippen molar-refractivity contribution in [3.8, 4) is 0 Å². The summed E-state index contributed by atoms with van der Waals surface area (Å²) in [5, 5.41) is 0.668. The van der Waals surface area contributed by atoms with Crippen molar-refractivity contribution in [2.75, 3.05) is 13.1 Å². The molecule has 0 N–H and O–H groups in total. The lowest BCUT2D eigenvalue weighted by molar-refractivity contribution is 0.0697. The van der Waals surface area contributed by atoms with Gasteiger partial charge in [-0.3, -0.25) is 9.78 Å². The fourth-order valence-electron chi connectivity index (χ4n) is 2.63. The van der Waals surface area contributed by atoms with Crippen LogP contribution in [-0.2, 0) is 0 Å². The number of hydrogen-bond donors (Lipinski definition) is 0. The van der Waals surface area contributed by atoms with E-state index in [1.54, 1.807) is 18.2 Å². The molecular formula is C16H17FN2O. The molecule has 2 aromatic rings. The van der Waals surface area contributed by atoms with Crippen molar-refractivity contribution in [3.05, 3.63) is 41.8 Å². The highest BCUT2D eigenvalue weighted by atomic mass is 19.1. The number of carbonyl (C=O) groups is 1. The highest BCUT2D eigenvalue weighted by molar-refractivity contribution is 5.97. The number of likely N-dealkylation sites (tertiary alicyclic amines) is 1. The first-order valence-electron chi connectivity index (χ1n) is 6.98. The van der Waals surface area contributed by atoms with Crippen LogP contribution in [0.4, 0.5) is 4.39 Å². The molecule has 1 aromatic carbocycles. The van der Waals surface area contributed by atoms with Gasteiger partial charge >= 0.3 is 0 Å². The Labute approximate surface area is 117 Å². The highest BCUT2D eigenvalue weighted by Crippen LogP contribution is 2.20. The number of piperidine rings is 1. The Morgan fingerprint density at radius 2 is 2.10 bits per heavy atom. The molecule has 0 bridgehead atoms. The van der Waals surface area contributed by atoms with E-state index in [9.17, 15) is 9.18 Å². The standard InChI is InChI=1S/C16H17FN2O/c1-11-5-7-19(8-6-11)16(20)13-9-12-3-2-4-14(17)15(12)18-10-13/h2-4,9-11H,5-8H2,1H3. The van der Waals surface area contributed by atoms with Crippen molar-refractivity contribution < 1.29 is 9.18 Å². The lowest BCUT2D eigenvalue weighted by Gasteiger charge is -2.30. The number of hydrogen-bond acceptors (Lipinski definition) is 2. The Bertz CT molecular complexity index is 648. The summed E-state index contributed by atoms with van der Waals surface area (Å²) < 4.78 is 13.6. The van der Waals surface area contributed by atoms with E-state index in [-0.39, 0.29) is 11.7 Å². The van der Waals surface area contributed by atoms with Gasteiger partial charge in [-0.25, -0.2) is 4.39 Å². The Morgan fingerprint density at radius 3 is 2.85 bits per heavy atom. The van der Waals surface area contributed by atoms with Gasteiger partial charge in [-0.1, -0.05) is 19.1 Å². The molecule has 0 aliphatic carbocycles. The van der Waals surface area contributed by atoms with Crippen LogP contribution in [0.3, 0.4) is 0 Å². The summed E-state index contributed by atoms with van der Waals surface area (Å²) in [6.45, 7) is 3.80. The van der Waals surface area contributed by atoms with Crippen molar-refractivity contribution in [3.63, 3.8) is 0 Å². The lowest BCUT2D eigenvalue weighted by Crippen LogP contribution is -2.37. The zero-order chi connectivity index (χ0) is 14.1. The minimum Gasteiger partial charge on any atom is -0.339 e. The van der Waals surface area contributed by atoms with E-state index in [1.807, 2.05) is 4.90 Å². The zero-order valence-corrected chi connectivity index (χ0v) is 11.5. The SMILES string of the molecule is CC1CCN(C(=O)c2cnc3c(F)cccc3c2)CC1. The summed E-state index contributed by atoms with van der Waals surface area (Å²) in [4.78, 5) is 18.4. The van der Waals surface area contributed by atoms with Gasteiger partial charge < -0.3 is 4.90 Å². The molecule has 104 valence electrons. The lowest BCUT2D eigenvalue weighted by atomic mass is 9.98. The van der Waals surface area contributed by atoms with E-state index in [1.165, 1.54) is 12.3 Å². The quantitative estimate of drug-likeness (QED) is 0.798. The second kappa shape index (κ2) is 5.19. The second-order valence-electron chi connectivity index (χ2n) is 5.51. The molecule has 3 rings (SSSR count). The molecule has 0 atom stereocenters. The van der Waals surface area contributed by atoms with E-state index in [0.29, 0.717) is 22.4 Å². The fourth-order valence-corrected chi connectivity index (χ4v) is 2.63. The van der Waals surface area contributed by atoms with Crippen LogP contribution in [0.15, 0.2) is 30.5 Å². The van der Waals surface area contributed by atoms with Crippen LogP contribution >= 0.6 is 0 Å². The van der Waals surface area contributed by atoms with Crippen molar-refractivity contribution in [2.24, 2.45) is 5.92 Å². The van der Waals surface area contributed by atoms with Crippen LogP contribution in [-0.4, -0.2) is 28.9 Å². The number of aromatic nitrogens is 1. The molecule has 4 heteroatoms. The molecular weight excluding hydrogens is 255 g/mol. The van der Waals surface area contributed by atoms with Crippen molar-refractivity contribution >= 4 is 16.8 Å². The predicted octanol–water partition coefficient (Wildman–Crippen LogP) is 3.25. The monoisotopic (exact) mass is 272 g/mol. The minimum absolute atomic E-state index is 0.00411. The number of amides is 1. The molecule has 0 saturated carbocycles. The number of halogens is 1. The first-order valence-corrected chi connectivity index (χ1v) is 6.98. The maximum Gasteiger partial charge on any atom is 0.255 e. The Hall–Kier alpha value is -1.97. The van der Waals surface area contributed by atoms with Gasteiger partial charge in [-0.05, 0) is 30.9 Å². The maximum absolute atomic E-state index is 13.6. The average molecular weight is 272 g/mol. The van der Waals surface area contributed by atoms with Crippen LogP contribution in [0.2, 0.25) is 0 Å². The summed E-state index contributed by atoms with van der Waals surface area (Å²) in [5.74, 6) is 0.326.